The van der Waals surface area contributed by atoms with Crippen molar-refractivity contribution in [3.8, 4) is 44.5 Å². The first-order chi connectivity index (χ1) is 28.8. The molecule has 0 spiro atoms. The van der Waals surface area contributed by atoms with Crippen LogP contribution in [0.5, 0.6) is 0 Å². The summed E-state index contributed by atoms with van der Waals surface area (Å²) in [6, 6.07) is 80.9. The fraction of sp³-hybridized carbons (Fsp3) is 0. The maximum absolute atomic E-state index is 6.49. The van der Waals surface area contributed by atoms with Crippen LogP contribution >= 0.6 is 0 Å². The smallest absolute Gasteiger partial charge is 0.136 e. The van der Waals surface area contributed by atoms with Gasteiger partial charge in [0, 0.05) is 27.4 Å². The Bertz CT molecular complexity index is 3290. The second-order valence-corrected chi connectivity index (χ2v) is 14.8. The van der Waals surface area contributed by atoms with Gasteiger partial charge in [-0.1, -0.05) is 182 Å². The van der Waals surface area contributed by atoms with Crippen molar-refractivity contribution in [2.75, 3.05) is 4.90 Å². The first-order valence-corrected chi connectivity index (χ1v) is 19.8. The van der Waals surface area contributed by atoms with Gasteiger partial charge in [0.2, 0.25) is 0 Å². The second-order valence-electron chi connectivity index (χ2n) is 14.8. The first kappa shape index (κ1) is 33.6. The van der Waals surface area contributed by atoms with E-state index in [2.05, 4.69) is 223 Å². The summed E-state index contributed by atoms with van der Waals surface area (Å²) < 4.78 is 6.49. The summed E-state index contributed by atoms with van der Waals surface area (Å²) in [4.78, 5) is 2.49. The zero-order valence-electron chi connectivity index (χ0n) is 31.7. The van der Waals surface area contributed by atoms with Crippen molar-refractivity contribution < 1.29 is 4.42 Å². The first-order valence-electron chi connectivity index (χ1n) is 19.8. The third-order valence-electron chi connectivity index (χ3n) is 11.4. The van der Waals surface area contributed by atoms with E-state index in [1.54, 1.807) is 0 Å². The van der Waals surface area contributed by atoms with E-state index >= 15 is 0 Å². The highest BCUT2D eigenvalue weighted by atomic mass is 16.3. The number of benzene rings is 10. The molecule has 0 saturated heterocycles. The molecular formula is C56H37NO. The van der Waals surface area contributed by atoms with Crippen LogP contribution in [0.15, 0.2) is 229 Å². The molecule has 0 aliphatic carbocycles. The van der Waals surface area contributed by atoms with E-state index in [0.29, 0.717) is 0 Å². The van der Waals surface area contributed by atoms with Crippen molar-refractivity contribution in [1.29, 1.82) is 0 Å². The molecule has 0 bridgehead atoms. The van der Waals surface area contributed by atoms with E-state index in [1.807, 2.05) is 6.07 Å². The van der Waals surface area contributed by atoms with Crippen molar-refractivity contribution >= 4 is 60.5 Å². The monoisotopic (exact) mass is 739 g/mol. The summed E-state index contributed by atoms with van der Waals surface area (Å²) in [6.07, 6.45) is 0. The third-order valence-corrected chi connectivity index (χ3v) is 11.4. The van der Waals surface area contributed by atoms with Crippen molar-refractivity contribution in [2.24, 2.45) is 0 Å². The van der Waals surface area contributed by atoms with Crippen LogP contribution in [0.4, 0.5) is 17.1 Å². The molecule has 2 heteroatoms. The normalized spacial score (nSPS) is 11.4. The number of fused-ring (bicyclic) bond motifs is 6. The molecular weight excluding hydrogens is 703 g/mol. The number of rotatable bonds is 7. The number of anilines is 3. The maximum atomic E-state index is 6.49. The molecule has 0 amide bonds. The van der Waals surface area contributed by atoms with E-state index in [4.69, 9.17) is 4.42 Å². The Morgan fingerprint density at radius 2 is 0.862 bits per heavy atom. The lowest BCUT2D eigenvalue weighted by Crippen LogP contribution is -2.12. The van der Waals surface area contributed by atoms with Gasteiger partial charge in [0.25, 0.3) is 0 Å². The Balaban J connectivity index is 1.27. The molecule has 0 N–H and O–H groups in total. The van der Waals surface area contributed by atoms with Gasteiger partial charge in [-0.05, 0) is 97.6 Å². The maximum Gasteiger partial charge on any atom is 0.136 e. The average molecular weight is 740 g/mol. The Labute approximate surface area is 337 Å². The lowest BCUT2D eigenvalue weighted by atomic mass is 9.88. The Morgan fingerprint density at radius 3 is 1.69 bits per heavy atom. The van der Waals surface area contributed by atoms with Crippen LogP contribution in [0.1, 0.15) is 0 Å². The SMILES string of the molecule is c1ccc(-c2cccc(-c3c(-c4cccc5oc6ccccc6c45)cccc3N(c3cccc(-c4ccccc4)c3)c3cccc4ccc5ccccc5c34)c2)cc1. The predicted molar refractivity (Wildman–Crippen MR) is 245 cm³/mol. The van der Waals surface area contributed by atoms with Gasteiger partial charge in [-0.25, -0.2) is 0 Å². The number of hydrogen-bond donors (Lipinski definition) is 0. The number of hydrogen-bond acceptors (Lipinski definition) is 2. The lowest BCUT2D eigenvalue weighted by molar-refractivity contribution is 0.669. The molecule has 0 aliphatic rings. The Morgan fingerprint density at radius 1 is 0.310 bits per heavy atom. The highest BCUT2D eigenvalue weighted by Gasteiger charge is 2.25. The molecule has 0 saturated carbocycles. The van der Waals surface area contributed by atoms with Crippen LogP contribution in [0.25, 0.3) is 88.0 Å². The summed E-state index contributed by atoms with van der Waals surface area (Å²) in [5, 5.41) is 7.06. The fourth-order valence-electron chi connectivity index (χ4n) is 8.83. The summed E-state index contributed by atoms with van der Waals surface area (Å²) in [6.45, 7) is 0. The molecule has 11 aromatic rings. The van der Waals surface area contributed by atoms with Gasteiger partial charge in [-0.15, -0.1) is 0 Å². The Kier molecular flexibility index (Phi) is 8.19. The predicted octanol–water partition coefficient (Wildman–Crippen LogP) is 16.0. The van der Waals surface area contributed by atoms with E-state index in [9.17, 15) is 0 Å². The minimum Gasteiger partial charge on any atom is -0.456 e. The van der Waals surface area contributed by atoms with Crippen LogP contribution in [0.2, 0.25) is 0 Å². The number of furan rings is 1. The van der Waals surface area contributed by atoms with Gasteiger partial charge in [0.15, 0.2) is 0 Å². The van der Waals surface area contributed by atoms with E-state index in [1.165, 1.54) is 38.2 Å². The molecule has 58 heavy (non-hydrogen) atoms. The van der Waals surface area contributed by atoms with Gasteiger partial charge in [0.1, 0.15) is 11.2 Å². The molecule has 10 aromatic carbocycles. The van der Waals surface area contributed by atoms with Crippen molar-refractivity contribution in [3.63, 3.8) is 0 Å². The molecule has 272 valence electrons. The zero-order valence-corrected chi connectivity index (χ0v) is 31.7. The molecule has 11 rings (SSSR count). The number of para-hydroxylation sites is 1. The van der Waals surface area contributed by atoms with Gasteiger partial charge < -0.3 is 9.32 Å². The van der Waals surface area contributed by atoms with Gasteiger partial charge in [0.05, 0.1) is 11.4 Å². The summed E-state index contributed by atoms with van der Waals surface area (Å²) in [5.41, 5.74) is 14.2. The molecule has 2 nitrogen and oxygen atoms in total. The minimum absolute atomic E-state index is 0.876. The quantitative estimate of drug-likeness (QED) is 0.151. The minimum atomic E-state index is 0.876. The standard InChI is InChI=1S/C56H37NO/c1-3-16-38(17-4-1)42-22-11-24-44(36-42)55-47(48-29-15-33-53-56(48)49-27-9-10-32-52(49)58-53)28-14-31-51(55)57(45-25-12-23-43(37-45)39-18-5-2-6-19-39)50-30-13-21-41-35-34-40-20-7-8-26-46(40)54(41)50/h1-37H. The summed E-state index contributed by atoms with van der Waals surface area (Å²) >= 11 is 0. The van der Waals surface area contributed by atoms with Crippen LogP contribution < -0.4 is 4.90 Å². The highest BCUT2D eigenvalue weighted by Crippen LogP contribution is 2.50. The molecule has 0 unspecified atom stereocenters. The summed E-state index contributed by atoms with van der Waals surface area (Å²) in [5.74, 6) is 0. The fourth-order valence-corrected chi connectivity index (χ4v) is 8.83. The molecule has 0 radical (unpaired) electrons. The second kappa shape index (κ2) is 14.1. The van der Waals surface area contributed by atoms with Crippen LogP contribution in [0, 0.1) is 0 Å². The average Bonchev–Trinajstić information content (AvgIpc) is 3.69. The third kappa shape index (κ3) is 5.74. The van der Waals surface area contributed by atoms with E-state index < -0.39 is 0 Å². The van der Waals surface area contributed by atoms with Crippen molar-refractivity contribution in [2.45, 2.75) is 0 Å². The van der Waals surface area contributed by atoms with Gasteiger partial charge in [-0.2, -0.15) is 0 Å². The van der Waals surface area contributed by atoms with Crippen LogP contribution in [-0.2, 0) is 0 Å². The largest absolute Gasteiger partial charge is 0.456 e. The Hall–Kier alpha value is -7.68. The van der Waals surface area contributed by atoms with Crippen molar-refractivity contribution in [1.82, 2.24) is 0 Å². The molecule has 0 aliphatic heterocycles. The van der Waals surface area contributed by atoms with Crippen LogP contribution in [0.3, 0.4) is 0 Å². The van der Waals surface area contributed by atoms with Crippen LogP contribution in [-0.4, -0.2) is 0 Å². The topological polar surface area (TPSA) is 16.4 Å². The van der Waals surface area contributed by atoms with Crippen molar-refractivity contribution in [3.05, 3.63) is 224 Å². The zero-order chi connectivity index (χ0) is 38.4. The molecule has 1 heterocycles. The van der Waals surface area contributed by atoms with E-state index in [-0.39, 0.29) is 0 Å². The number of nitrogens with zero attached hydrogens (tertiary/aromatic N) is 1. The van der Waals surface area contributed by atoms with E-state index in [0.717, 1.165) is 66.8 Å². The highest BCUT2D eigenvalue weighted by molar-refractivity contribution is 6.17. The van der Waals surface area contributed by atoms with Gasteiger partial charge in [-0.3, -0.25) is 0 Å². The van der Waals surface area contributed by atoms with Gasteiger partial charge >= 0.3 is 0 Å². The molecule has 0 atom stereocenters. The molecule has 0 fully saturated rings. The summed E-state index contributed by atoms with van der Waals surface area (Å²) in [7, 11) is 0. The lowest BCUT2D eigenvalue weighted by Gasteiger charge is -2.31. The molecule has 1 aromatic heterocycles.